The lowest BCUT2D eigenvalue weighted by Gasteiger charge is -2.12. The molecule has 3 rings (SSSR count). The van der Waals surface area contributed by atoms with Crippen LogP contribution >= 0.6 is 0 Å². The number of unbranched alkanes of at least 4 members (excludes halogenated alkanes) is 5. The highest BCUT2D eigenvalue weighted by Crippen LogP contribution is 2.30. The fraction of sp³-hybridized carbons (Fsp3) is 0.360. The normalized spacial score (nSPS) is 10.9. The molecule has 2 aromatic carbocycles. The van der Waals surface area contributed by atoms with Crippen molar-refractivity contribution in [3.63, 3.8) is 0 Å². The van der Waals surface area contributed by atoms with Crippen molar-refractivity contribution in [2.24, 2.45) is 0 Å². The van der Waals surface area contributed by atoms with Crippen LogP contribution in [0.5, 0.6) is 0 Å². The van der Waals surface area contributed by atoms with Crippen molar-refractivity contribution in [1.82, 2.24) is 10.3 Å². The van der Waals surface area contributed by atoms with Crippen molar-refractivity contribution in [1.29, 1.82) is 0 Å². The van der Waals surface area contributed by atoms with Crippen molar-refractivity contribution >= 4 is 16.7 Å². The number of nitrogens with zero attached hydrogens (tertiary/aromatic N) is 1. The minimum Gasteiger partial charge on any atom is -0.352 e. The molecule has 1 N–H and O–H groups in total. The van der Waals surface area contributed by atoms with Crippen LogP contribution in [0.4, 0.5) is 0 Å². The van der Waals surface area contributed by atoms with Gasteiger partial charge in [0.2, 0.25) is 5.91 Å². The second-order valence-corrected chi connectivity index (χ2v) is 7.35. The Morgan fingerprint density at radius 3 is 2.50 bits per heavy atom. The van der Waals surface area contributed by atoms with E-state index in [4.69, 9.17) is 0 Å². The van der Waals surface area contributed by atoms with Gasteiger partial charge in [0.15, 0.2) is 0 Å². The van der Waals surface area contributed by atoms with E-state index in [0.29, 0.717) is 13.0 Å². The van der Waals surface area contributed by atoms with E-state index in [-0.39, 0.29) is 5.91 Å². The Hall–Kier alpha value is -2.68. The van der Waals surface area contributed by atoms with Gasteiger partial charge in [-0.15, -0.1) is 0 Å². The summed E-state index contributed by atoms with van der Waals surface area (Å²) in [5.74, 6) is 0.139. The molecular weight excluding hydrogens is 344 g/mol. The number of rotatable bonds is 10. The zero-order chi connectivity index (χ0) is 19.6. The van der Waals surface area contributed by atoms with E-state index in [1.54, 1.807) is 0 Å². The Morgan fingerprint density at radius 1 is 0.893 bits per heavy atom. The number of fused-ring (bicyclic) bond motifs is 1. The molecule has 28 heavy (non-hydrogen) atoms. The van der Waals surface area contributed by atoms with Gasteiger partial charge in [-0.05, 0) is 34.6 Å². The van der Waals surface area contributed by atoms with Crippen molar-refractivity contribution in [2.45, 2.75) is 58.4 Å². The molecule has 1 aromatic heterocycles. The SMILES string of the molecule is CCCCCCCCC(=O)NCc1ccc(-c2ccccc2)c2ccncc12. The Labute approximate surface area is 168 Å². The second-order valence-electron chi connectivity index (χ2n) is 7.35. The fourth-order valence-corrected chi connectivity index (χ4v) is 3.62. The predicted octanol–water partition coefficient (Wildman–Crippen LogP) is 6.27. The standard InChI is InChI=1S/C25H30N2O/c1-2-3-4-5-6-10-13-25(28)27-18-21-14-15-22(20-11-8-7-9-12-20)23-16-17-26-19-24(21)23/h7-9,11-12,14-17,19H,2-6,10,13,18H2,1H3,(H,27,28). The first-order valence-electron chi connectivity index (χ1n) is 10.5. The molecule has 0 bridgehead atoms. The second kappa shape index (κ2) is 10.6. The summed E-state index contributed by atoms with van der Waals surface area (Å²) in [4.78, 5) is 16.5. The molecule has 0 fully saturated rings. The minimum atomic E-state index is 0.139. The lowest BCUT2D eigenvalue weighted by atomic mass is 9.96. The molecule has 0 aliphatic heterocycles. The summed E-state index contributed by atoms with van der Waals surface area (Å²) >= 11 is 0. The summed E-state index contributed by atoms with van der Waals surface area (Å²) < 4.78 is 0. The van der Waals surface area contributed by atoms with Crippen molar-refractivity contribution in [3.05, 3.63) is 66.5 Å². The lowest BCUT2D eigenvalue weighted by Crippen LogP contribution is -2.22. The molecule has 0 unspecified atom stereocenters. The van der Waals surface area contributed by atoms with Gasteiger partial charge in [-0.2, -0.15) is 0 Å². The molecule has 0 spiro atoms. The number of hydrogen-bond acceptors (Lipinski definition) is 2. The maximum Gasteiger partial charge on any atom is 0.220 e. The molecule has 3 nitrogen and oxygen atoms in total. The number of carbonyl (C=O) groups is 1. The Kier molecular flexibility index (Phi) is 7.60. The molecular formula is C25H30N2O. The lowest BCUT2D eigenvalue weighted by molar-refractivity contribution is -0.121. The highest BCUT2D eigenvalue weighted by Gasteiger charge is 2.09. The largest absolute Gasteiger partial charge is 0.352 e. The van der Waals surface area contributed by atoms with E-state index >= 15 is 0 Å². The van der Waals surface area contributed by atoms with Crippen LogP contribution in [0.15, 0.2) is 60.9 Å². The maximum absolute atomic E-state index is 12.2. The van der Waals surface area contributed by atoms with Gasteiger partial charge in [-0.1, -0.05) is 81.5 Å². The number of benzene rings is 2. The van der Waals surface area contributed by atoms with E-state index in [1.807, 2.05) is 18.5 Å². The van der Waals surface area contributed by atoms with Gasteiger partial charge in [-0.25, -0.2) is 0 Å². The van der Waals surface area contributed by atoms with E-state index in [1.165, 1.54) is 42.2 Å². The molecule has 3 heteroatoms. The molecule has 1 amide bonds. The van der Waals surface area contributed by atoms with Crippen LogP contribution in [0, 0.1) is 0 Å². The summed E-state index contributed by atoms with van der Waals surface area (Å²) in [5.41, 5.74) is 3.50. The Balaban J connectivity index is 1.62. The Morgan fingerprint density at radius 2 is 1.68 bits per heavy atom. The summed E-state index contributed by atoms with van der Waals surface area (Å²) in [6.07, 6.45) is 11.5. The molecule has 0 aliphatic rings. The number of pyridine rings is 1. The zero-order valence-electron chi connectivity index (χ0n) is 16.8. The molecule has 1 heterocycles. The molecule has 0 saturated heterocycles. The summed E-state index contributed by atoms with van der Waals surface area (Å²) in [6, 6.07) is 16.7. The van der Waals surface area contributed by atoms with E-state index in [0.717, 1.165) is 23.8 Å². The first-order chi connectivity index (χ1) is 13.8. The summed E-state index contributed by atoms with van der Waals surface area (Å²) in [5, 5.41) is 5.36. The molecule has 3 aromatic rings. The molecule has 0 atom stereocenters. The number of hydrogen-bond donors (Lipinski definition) is 1. The average Bonchev–Trinajstić information content (AvgIpc) is 2.75. The van der Waals surface area contributed by atoms with Gasteiger partial charge < -0.3 is 5.32 Å². The third-order valence-corrected chi connectivity index (χ3v) is 5.23. The van der Waals surface area contributed by atoms with Gasteiger partial charge in [0.25, 0.3) is 0 Å². The zero-order valence-corrected chi connectivity index (χ0v) is 16.8. The predicted molar refractivity (Wildman–Crippen MR) is 117 cm³/mol. The highest BCUT2D eigenvalue weighted by molar-refractivity contribution is 5.98. The van der Waals surface area contributed by atoms with Crippen LogP contribution < -0.4 is 5.32 Å². The number of nitrogens with one attached hydrogen (secondary N) is 1. The van der Waals surface area contributed by atoms with Crippen LogP contribution in [0.25, 0.3) is 21.9 Å². The van der Waals surface area contributed by atoms with Gasteiger partial charge in [-0.3, -0.25) is 9.78 Å². The smallest absolute Gasteiger partial charge is 0.220 e. The molecule has 0 radical (unpaired) electrons. The van der Waals surface area contributed by atoms with Crippen LogP contribution in [0.2, 0.25) is 0 Å². The first-order valence-corrected chi connectivity index (χ1v) is 10.5. The first kappa shape index (κ1) is 20.1. The Bertz CT molecular complexity index is 889. The number of carbonyl (C=O) groups excluding carboxylic acids is 1. The quantitative estimate of drug-likeness (QED) is 0.425. The van der Waals surface area contributed by atoms with Gasteiger partial charge in [0.1, 0.15) is 0 Å². The minimum absolute atomic E-state index is 0.139. The topological polar surface area (TPSA) is 42.0 Å². The number of amides is 1. The van der Waals surface area contributed by atoms with Gasteiger partial charge >= 0.3 is 0 Å². The summed E-state index contributed by atoms with van der Waals surface area (Å²) in [6.45, 7) is 2.77. The van der Waals surface area contributed by atoms with E-state index in [9.17, 15) is 4.79 Å². The van der Waals surface area contributed by atoms with Gasteiger partial charge in [0, 0.05) is 30.7 Å². The van der Waals surface area contributed by atoms with Crippen LogP contribution in [-0.4, -0.2) is 10.9 Å². The van der Waals surface area contributed by atoms with Crippen molar-refractivity contribution < 1.29 is 4.79 Å². The summed E-state index contributed by atoms with van der Waals surface area (Å²) in [7, 11) is 0. The number of aromatic nitrogens is 1. The van der Waals surface area contributed by atoms with Gasteiger partial charge in [0.05, 0.1) is 0 Å². The monoisotopic (exact) mass is 374 g/mol. The van der Waals surface area contributed by atoms with Crippen molar-refractivity contribution in [3.8, 4) is 11.1 Å². The van der Waals surface area contributed by atoms with Crippen LogP contribution in [0.3, 0.4) is 0 Å². The maximum atomic E-state index is 12.2. The van der Waals surface area contributed by atoms with E-state index < -0.39 is 0 Å². The fourth-order valence-electron chi connectivity index (χ4n) is 3.62. The molecule has 146 valence electrons. The third-order valence-electron chi connectivity index (χ3n) is 5.23. The molecule has 0 aliphatic carbocycles. The van der Waals surface area contributed by atoms with Crippen molar-refractivity contribution in [2.75, 3.05) is 0 Å². The highest BCUT2D eigenvalue weighted by atomic mass is 16.1. The van der Waals surface area contributed by atoms with Crippen LogP contribution in [-0.2, 0) is 11.3 Å². The average molecular weight is 375 g/mol. The third kappa shape index (κ3) is 5.41. The van der Waals surface area contributed by atoms with Crippen LogP contribution in [0.1, 0.15) is 57.4 Å². The molecule has 0 saturated carbocycles. The van der Waals surface area contributed by atoms with E-state index in [2.05, 4.69) is 59.7 Å².